The number of imide groups is 2. The molecule has 0 unspecified atom stereocenters. The van der Waals surface area contributed by atoms with E-state index < -0.39 is 17.8 Å². The number of hydrogen-bond donors (Lipinski definition) is 0. The Balaban J connectivity index is 1.59. The van der Waals surface area contributed by atoms with Crippen LogP contribution < -0.4 is 14.5 Å². The van der Waals surface area contributed by atoms with Crippen LogP contribution in [0.4, 0.5) is 16.2 Å². The lowest BCUT2D eigenvalue weighted by Gasteiger charge is -2.34. The molecule has 182 valence electrons. The van der Waals surface area contributed by atoms with Gasteiger partial charge in [0.15, 0.2) is 0 Å². The van der Waals surface area contributed by atoms with E-state index in [0.717, 1.165) is 19.8 Å². The van der Waals surface area contributed by atoms with Gasteiger partial charge in [0.05, 0.1) is 11.4 Å². The number of ether oxygens (including phenoxy) is 1. The lowest BCUT2D eigenvalue weighted by Crippen LogP contribution is -2.57. The van der Waals surface area contributed by atoms with Crippen LogP contribution in [-0.4, -0.2) is 17.8 Å². The summed E-state index contributed by atoms with van der Waals surface area (Å²) in [5, 5.41) is 0. The van der Waals surface area contributed by atoms with E-state index in [2.05, 4.69) is 15.9 Å². The Morgan fingerprint density at radius 3 is 1.73 bits per heavy atom. The predicted molar refractivity (Wildman–Crippen MR) is 146 cm³/mol. The molecule has 0 spiro atoms. The molecule has 1 fully saturated rings. The molecule has 7 heteroatoms. The highest BCUT2D eigenvalue weighted by Gasteiger charge is 2.43. The van der Waals surface area contributed by atoms with E-state index >= 15 is 0 Å². The van der Waals surface area contributed by atoms with Crippen molar-refractivity contribution in [3.8, 4) is 5.75 Å². The molecule has 4 aromatic carbocycles. The minimum atomic E-state index is -0.737. The Labute approximate surface area is 222 Å². The number of urea groups is 1. The first-order valence-electron chi connectivity index (χ1n) is 11.5. The quantitative estimate of drug-likeness (QED) is 0.199. The first-order chi connectivity index (χ1) is 18.0. The standard InChI is InChI=1S/C30H21BrN2O4/c31-23-16-17-27(37-20-21-10-4-1-5-11-21)22(18-23)19-26-28(34)32(24-12-6-2-7-13-24)30(36)33(29(26)35)25-14-8-3-9-15-25/h1-19H,20H2. The van der Waals surface area contributed by atoms with Crippen molar-refractivity contribution in [1.82, 2.24) is 0 Å². The minimum absolute atomic E-state index is 0.157. The van der Waals surface area contributed by atoms with Crippen molar-refractivity contribution in [2.24, 2.45) is 0 Å². The lowest BCUT2D eigenvalue weighted by atomic mass is 10.0. The number of benzene rings is 4. The summed E-state index contributed by atoms with van der Waals surface area (Å²) >= 11 is 3.46. The van der Waals surface area contributed by atoms with Crippen LogP contribution in [0.5, 0.6) is 5.75 Å². The molecule has 5 rings (SSSR count). The molecule has 37 heavy (non-hydrogen) atoms. The highest BCUT2D eigenvalue weighted by molar-refractivity contribution is 9.10. The summed E-state index contributed by atoms with van der Waals surface area (Å²) in [5.74, 6) is -0.917. The molecule has 4 amide bonds. The molecule has 0 aliphatic carbocycles. The van der Waals surface area contributed by atoms with Crippen molar-refractivity contribution in [2.75, 3.05) is 9.80 Å². The van der Waals surface area contributed by atoms with Crippen molar-refractivity contribution in [2.45, 2.75) is 6.61 Å². The number of carbonyl (C=O) groups is 3. The SMILES string of the molecule is O=C1C(=Cc2cc(Br)ccc2OCc2ccccc2)C(=O)N(c2ccccc2)C(=O)N1c1ccccc1. The second-order valence-electron chi connectivity index (χ2n) is 8.25. The van der Waals surface area contributed by atoms with E-state index in [1.807, 2.05) is 36.4 Å². The zero-order valence-corrected chi connectivity index (χ0v) is 21.2. The Hall–Kier alpha value is -4.49. The van der Waals surface area contributed by atoms with E-state index in [0.29, 0.717) is 29.3 Å². The van der Waals surface area contributed by atoms with Crippen LogP contribution in [0.3, 0.4) is 0 Å². The van der Waals surface area contributed by atoms with Gasteiger partial charge in [-0.1, -0.05) is 82.7 Å². The summed E-state index contributed by atoms with van der Waals surface area (Å²) in [5.41, 5.74) is 2.08. The summed E-state index contributed by atoms with van der Waals surface area (Å²) in [6.45, 7) is 0.311. The molecule has 1 aliphatic heterocycles. The highest BCUT2D eigenvalue weighted by atomic mass is 79.9. The maximum atomic E-state index is 13.6. The molecule has 0 N–H and O–H groups in total. The maximum Gasteiger partial charge on any atom is 0.343 e. The Morgan fingerprint density at radius 2 is 1.19 bits per heavy atom. The van der Waals surface area contributed by atoms with Gasteiger partial charge in [0.2, 0.25) is 0 Å². The zero-order valence-electron chi connectivity index (χ0n) is 19.6. The first kappa shape index (κ1) is 24.2. The van der Waals surface area contributed by atoms with Crippen molar-refractivity contribution in [3.63, 3.8) is 0 Å². The average molecular weight is 553 g/mol. The number of nitrogens with zero attached hydrogens (tertiary/aromatic N) is 2. The molecule has 6 nitrogen and oxygen atoms in total. The molecule has 0 aromatic heterocycles. The smallest absolute Gasteiger partial charge is 0.343 e. The minimum Gasteiger partial charge on any atom is -0.488 e. The molecule has 1 saturated heterocycles. The fourth-order valence-corrected chi connectivity index (χ4v) is 4.37. The molecular formula is C30H21BrN2O4. The molecule has 0 saturated carbocycles. The number of carbonyl (C=O) groups excluding carboxylic acids is 3. The van der Waals surface area contributed by atoms with Gasteiger partial charge in [-0.25, -0.2) is 14.6 Å². The van der Waals surface area contributed by atoms with Crippen molar-refractivity contribution >= 4 is 51.2 Å². The Morgan fingerprint density at radius 1 is 0.676 bits per heavy atom. The van der Waals surface area contributed by atoms with Gasteiger partial charge in [0.25, 0.3) is 11.8 Å². The van der Waals surface area contributed by atoms with E-state index in [1.165, 1.54) is 6.08 Å². The van der Waals surface area contributed by atoms with Crippen molar-refractivity contribution in [1.29, 1.82) is 0 Å². The maximum absolute atomic E-state index is 13.6. The van der Waals surface area contributed by atoms with Crippen LogP contribution in [0.1, 0.15) is 11.1 Å². The van der Waals surface area contributed by atoms with Crippen LogP contribution >= 0.6 is 15.9 Å². The fraction of sp³-hybridized carbons (Fsp3) is 0.0333. The number of hydrogen-bond acceptors (Lipinski definition) is 4. The van der Waals surface area contributed by atoms with E-state index in [4.69, 9.17) is 4.74 Å². The number of anilines is 2. The number of halogens is 1. The van der Waals surface area contributed by atoms with Crippen LogP contribution in [-0.2, 0) is 16.2 Å². The number of rotatable bonds is 6. The third kappa shape index (κ3) is 5.08. The lowest BCUT2D eigenvalue weighted by molar-refractivity contribution is -0.121. The molecule has 0 atom stereocenters. The van der Waals surface area contributed by atoms with Crippen LogP contribution in [0.15, 0.2) is 119 Å². The molecular weight excluding hydrogens is 532 g/mol. The van der Waals surface area contributed by atoms with Gasteiger partial charge < -0.3 is 4.74 Å². The topological polar surface area (TPSA) is 66.9 Å². The monoisotopic (exact) mass is 552 g/mol. The second kappa shape index (κ2) is 10.6. The summed E-state index contributed by atoms with van der Waals surface area (Å²) in [6, 6.07) is 31.4. The van der Waals surface area contributed by atoms with E-state index in [9.17, 15) is 14.4 Å². The third-order valence-corrected chi connectivity index (χ3v) is 6.28. The summed E-state index contributed by atoms with van der Waals surface area (Å²) in [4.78, 5) is 42.8. The fourth-order valence-electron chi connectivity index (χ4n) is 3.99. The average Bonchev–Trinajstić information content (AvgIpc) is 2.92. The van der Waals surface area contributed by atoms with Gasteiger partial charge in [0, 0.05) is 10.0 Å². The van der Waals surface area contributed by atoms with Gasteiger partial charge >= 0.3 is 6.03 Å². The Bertz CT molecular complexity index is 1420. The van der Waals surface area contributed by atoms with Crippen LogP contribution in [0.25, 0.3) is 6.08 Å². The van der Waals surface area contributed by atoms with Gasteiger partial charge in [-0.2, -0.15) is 0 Å². The van der Waals surface area contributed by atoms with Crippen LogP contribution in [0.2, 0.25) is 0 Å². The highest BCUT2D eigenvalue weighted by Crippen LogP contribution is 2.32. The predicted octanol–water partition coefficient (Wildman–Crippen LogP) is 6.61. The van der Waals surface area contributed by atoms with Gasteiger partial charge in [0.1, 0.15) is 17.9 Å². The number of amides is 4. The van der Waals surface area contributed by atoms with Gasteiger partial charge in [-0.15, -0.1) is 0 Å². The molecule has 0 bridgehead atoms. The number of barbiturate groups is 1. The third-order valence-electron chi connectivity index (χ3n) is 5.79. The molecule has 0 radical (unpaired) electrons. The summed E-state index contributed by atoms with van der Waals surface area (Å²) < 4.78 is 6.80. The zero-order chi connectivity index (χ0) is 25.8. The van der Waals surface area contributed by atoms with Crippen molar-refractivity contribution < 1.29 is 19.1 Å². The molecule has 1 heterocycles. The van der Waals surface area contributed by atoms with Gasteiger partial charge in [-0.05, 0) is 54.1 Å². The Kier molecular flexibility index (Phi) is 6.96. The second-order valence-corrected chi connectivity index (χ2v) is 9.16. The summed E-state index contributed by atoms with van der Waals surface area (Å²) in [6.07, 6.45) is 1.48. The van der Waals surface area contributed by atoms with E-state index in [1.54, 1.807) is 72.8 Å². The van der Waals surface area contributed by atoms with Crippen molar-refractivity contribution in [3.05, 3.63) is 130 Å². The molecule has 1 aliphatic rings. The van der Waals surface area contributed by atoms with E-state index in [-0.39, 0.29) is 5.57 Å². The van der Waals surface area contributed by atoms with Crippen LogP contribution in [0, 0.1) is 0 Å². The number of para-hydroxylation sites is 2. The van der Waals surface area contributed by atoms with Gasteiger partial charge in [-0.3, -0.25) is 9.59 Å². The summed E-state index contributed by atoms with van der Waals surface area (Å²) in [7, 11) is 0. The first-order valence-corrected chi connectivity index (χ1v) is 12.3. The largest absolute Gasteiger partial charge is 0.488 e. The normalized spacial score (nSPS) is 13.6. The molecule has 4 aromatic rings.